The van der Waals surface area contributed by atoms with Crippen LogP contribution < -0.4 is 5.56 Å². The maximum Gasteiger partial charge on any atom is 0.261 e. The van der Waals surface area contributed by atoms with Crippen molar-refractivity contribution in [2.45, 2.75) is 13.0 Å². The summed E-state index contributed by atoms with van der Waals surface area (Å²) in [6.07, 6.45) is 4.12. The van der Waals surface area contributed by atoms with Crippen molar-refractivity contribution in [3.63, 3.8) is 0 Å². The normalized spacial score (nSPS) is 11.0. The molecule has 0 saturated carbocycles. The molecule has 0 aliphatic heterocycles. The second kappa shape index (κ2) is 7.56. The van der Waals surface area contributed by atoms with Crippen LogP contribution in [0.15, 0.2) is 53.3 Å². The fourth-order valence-electron chi connectivity index (χ4n) is 2.60. The number of rotatable bonds is 5. The molecule has 0 saturated heterocycles. The molecule has 5 nitrogen and oxygen atoms in total. The van der Waals surface area contributed by atoms with E-state index >= 15 is 0 Å². The second-order valence-electron chi connectivity index (χ2n) is 5.59. The van der Waals surface area contributed by atoms with Gasteiger partial charge in [-0.25, -0.2) is 4.98 Å². The highest BCUT2D eigenvalue weighted by atomic mass is 16.3. The number of nitrogens with zero attached hydrogens (tertiary/aromatic N) is 3. The zero-order valence-electron chi connectivity index (χ0n) is 13.6. The summed E-state index contributed by atoms with van der Waals surface area (Å²) in [5, 5.41) is 18.5. The van der Waals surface area contributed by atoms with Crippen LogP contribution in [0, 0.1) is 11.3 Å². The van der Waals surface area contributed by atoms with Gasteiger partial charge < -0.3 is 5.11 Å². The predicted molar refractivity (Wildman–Crippen MR) is 97.8 cm³/mol. The second-order valence-corrected chi connectivity index (χ2v) is 5.59. The van der Waals surface area contributed by atoms with Gasteiger partial charge in [-0.15, -0.1) is 0 Å². The predicted octanol–water partition coefficient (Wildman–Crippen LogP) is 2.82. The molecule has 3 aromatic rings. The number of hydrogen-bond donors (Lipinski definition) is 1. The van der Waals surface area contributed by atoms with Crippen LogP contribution in [0.5, 0.6) is 0 Å². The summed E-state index contributed by atoms with van der Waals surface area (Å²) in [6, 6.07) is 16.5. The van der Waals surface area contributed by atoms with E-state index in [2.05, 4.69) is 11.1 Å². The monoisotopic (exact) mass is 331 g/mol. The van der Waals surface area contributed by atoms with Crippen molar-refractivity contribution in [2.24, 2.45) is 0 Å². The van der Waals surface area contributed by atoms with E-state index in [1.807, 2.05) is 36.4 Å². The number of fused-ring (bicyclic) bond motifs is 1. The smallest absolute Gasteiger partial charge is 0.261 e. The van der Waals surface area contributed by atoms with Crippen LogP contribution in [-0.2, 0) is 6.54 Å². The number of benzene rings is 2. The number of nitriles is 1. The number of aliphatic hydroxyl groups is 1. The first-order valence-corrected chi connectivity index (χ1v) is 8.01. The van der Waals surface area contributed by atoms with Crippen molar-refractivity contribution in [2.75, 3.05) is 6.61 Å². The lowest BCUT2D eigenvalue weighted by Crippen LogP contribution is -2.24. The number of aliphatic hydroxyl groups excluding tert-OH is 1. The fourth-order valence-corrected chi connectivity index (χ4v) is 2.60. The molecule has 1 N–H and O–H groups in total. The average molecular weight is 331 g/mol. The lowest BCUT2D eigenvalue weighted by atomic mass is 10.1. The highest BCUT2D eigenvalue weighted by molar-refractivity contribution is 5.79. The van der Waals surface area contributed by atoms with E-state index in [1.54, 1.807) is 28.8 Å². The summed E-state index contributed by atoms with van der Waals surface area (Å²) >= 11 is 0. The lowest BCUT2D eigenvalue weighted by molar-refractivity contribution is 0.278. The molecule has 25 heavy (non-hydrogen) atoms. The molecule has 0 aliphatic carbocycles. The van der Waals surface area contributed by atoms with Gasteiger partial charge in [0, 0.05) is 13.2 Å². The summed E-state index contributed by atoms with van der Waals surface area (Å²) in [4.78, 5) is 17.3. The standard InChI is InChI=1S/C20H17N3O2/c21-14-16-8-6-15(7-9-16)10-11-19-22-18-5-2-1-4-17(18)20(25)23(19)12-3-13-24/h1-2,4-11,24H,3,12-13H2/b11-10+. The minimum atomic E-state index is -0.112. The molecular weight excluding hydrogens is 314 g/mol. The van der Waals surface area contributed by atoms with Crippen LogP contribution in [0.2, 0.25) is 0 Å². The Balaban J connectivity index is 2.05. The zero-order chi connectivity index (χ0) is 17.6. The Bertz CT molecular complexity index is 1010. The topological polar surface area (TPSA) is 78.9 Å². The Morgan fingerprint density at radius 2 is 1.88 bits per heavy atom. The molecule has 0 fully saturated rings. The summed E-state index contributed by atoms with van der Waals surface area (Å²) < 4.78 is 1.58. The molecule has 2 aromatic carbocycles. The van der Waals surface area contributed by atoms with Crippen molar-refractivity contribution < 1.29 is 5.11 Å². The van der Waals surface area contributed by atoms with E-state index in [-0.39, 0.29) is 12.2 Å². The van der Waals surface area contributed by atoms with Gasteiger partial charge in [-0.2, -0.15) is 5.26 Å². The number of aromatic nitrogens is 2. The van der Waals surface area contributed by atoms with Crippen LogP contribution in [0.3, 0.4) is 0 Å². The van der Waals surface area contributed by atoms with Crippen LogP contribution in [0.1, 0.15) is 23.4 Å². The minimum Gasteiger partial charge on any atom is -0.396 e. The Labute approximate surface area is 145 Å². The quantitative estimate of drug-likeness (QED) is 0.780. The van der Waals surface area contributed by atoms with Gasteiger partial charge in [0.15, 0.2) is 0 Å². The van der Waals surface area contributed by atoms with Crippen LogP contribution in [0.25, 0.3) is 23.1 Å². The molecule has 0 radical (unpaired) electrons. The average Bonchev–Trinajstić information content (AvgIpc) is 2.66. The van der Waals surface area contributed by atoms with Crippen LogP contribution >= 0.6 is 0 Å². The fraction of sp³-hybridized carbons (Fsp3) is 0.150. The molecule has 0 spiro atoms. The molecule has 0 bridgehead atoms. The van der Waals surface area contributed by atoms with Crippen molar-refractivity contribution in [1.29, 1.82) is 5.26 Å². The van der Waals surface area contributed by atoms with Gasteiger partial charge in [-0.1, -0.05) is 30.3 Å². The molecule has 1 aromatic heterocycles. The van der Waals surface area contributed by atoms with E-state index in [0.29, 0.717) is 35.3 Å². The maximum atomic E-state index is 12.7. The molecular formula is C20H17N3O2. The molecule has 0 amide bonds. The van der Waals surface area contributed by atoms with Gasteiger partial charge in [-0.05, 0) is 42.3 Å². The Morgan fingerprint density at radius 1 is 1.12 bits per heavy atom. The van der Waals surface area contributed by atoms with E-state index < -0.39 is 0 Å². The van der Waals surface area contributed by atoms with Gasteiger partial charge in [-0.3, -0.25) is 9.36 Å². The largest absolute Gasteiger partial charge is 0.396 e. The third-order valence-electron chi connectivity index (χ3n) is 3.90. The summed E-state index contributed by atoms with van der Waals surface area (Å²) in [7, 11) is 0. The van der Waals surface area contributed by atoms with Crippen molar-refractivity contribution in [3.8, 4) is 6.07 Å². The molecule has 3 rings (SSSR count). The van der Waals surface area contributed by atoms with Crippen LogP contribution in [-0.4, -0.2) is 21.3 Å². The van der Waals surface area contributed by atoms with E-state index in [1.165, 1.54) is 0 Å². The maximum absolute atomic E-state index is 12.7. The molecule has 1 heterocycles. The van der Waals surface area contributed by atoms with Gasteiger partial charge in [0.05, 0.1) is 22.5 Å². The summed E-state index contributed by atoms with van der Waals surface area (Å²) in [5.41, 5.74) is 2.04. The molecule has 5 heteroatoms. The SMILES string of the molecule is N#Cc1ccc(/C=C/c2nc3ccccc3c(=O)n2CCCO)cc1. The lowest BCUT2D eigenvalue weighted by Gasteiger charge is -2.10. The van der Waals surface area contributed by atoms with Crippen molar-refractivity contribution in [1.82, 2.24) is 9.55 Å². The Morgan fingerprint density at radius 3 is 2.60 bits per heavy atom. The first-order valence-electron chi connectivity index (χ1n) is 8.01. The number of hydrogen-bond acceptors (Lipinski definition) is 4. The highest BCUT2D eigenvalue weighted by Gasteiger charge is 2.08. The Hall–Kier alpha value is -3.23. The Kier molecular flexibility index (Phi) is 5.03. The molecule has 0 aliphatic rings. The van der Waals surface area contributed by atoms with Gasteiger partial charge in [0.25, 0.3) is 5.56 Å². The highest BCUT2D eigenvalue weighted by Crippen LogP contribution is 2.12. The third-order valence-corrected chi connectivity index (χ3v) is 3.90. The summed E-state index contributed by atoms with van der Waals surface area (Å²) in [5.74, 6) is 0.543. The molecule has 0 unspecified atom stereocenters. The molecule has 124 valence electrons. The van der Waals surface area contributed by atoms with E-state index in [9.17, 15) is 4.79 Å². The van der Waals surface area contributed by atoms with E-state index in [4.69, 9.17) is 10.4 Å². The van der Waals surface area contributed by atoms with Gasteiger partial charge in [0.2, 0.25) is 0 Å². The van der Waals surface area contributed by atoms with Crippen molar-refractivity contribution in [3.05, 3.63) is 75.8 Å². The van der Waals surface area contributed by atoms with E-state index in [0.717, 1.165) is 5.56 Å². The summed E-state index contributed by atoms with van der Waals surface area (Å²) in [6.45, 7) is 0.415. The number of para-hydroxylation sites is 1. The third kappa shape index (κ3) is 3.65. The first kappa shape index (κ1) is 16.6. The van der Waals surface area contributed by atoms with Gasteiger partial charge >= 0.3 is 0 Å². The zero-order valence-corrected chi connectivity index (χ0v) is 13.6. The first-order chi connectivity index (χ1) is 12.2. The minimum absolute atomic E-state index is 0.0119. The molecule has 0 atom stereocenters. The van der Waals surface area contributed by atoms with Gasteiger partial charge in [0.1, 0.15) is 5.82 Å². The van der Waals surface area contributed by atoms with Crippen LogP contribution in [0.4, 0.5) is 0 Å². The van der Waals surface area contributed by atoms with Crippen molar-refractivity contribution >= 4 is 23.1 Å².